The van der Waals surface area contributed by atoms with Crippen molar-refractivity contribution in [2.75, 3.05) is 12.8 Å². The van der Waals surface area contributed by atoms with Gasteiger partial charge < -0.3 is 13.9 Å². The molecule has 0 saturated heterocycles. The lowest BCUT2D eigenvalue weighted by Gasteiger charge is -2.17. The number of nitrogens with zero attached hydrogens (tertiary/aromatic N) is 4. The number of thioether (sulfide) groups is 1. The molecule has 0 aliphatic rings. The van der Waals surface area contributed by atoms with E-state index in [0.717, 1.165) is 5.56 Å². The third kappa shape index (κ3) is 4.08. The van der Waals surface area contributed by atoms with Gasteiger partial charge >= 0.3 is 0 Å². The summed E-state index contributed by atoms with van der Waals surface area (Å²) in [5, 5.41) is 8.83. The number of benzene rings is 1. The zero-order valence-electron chi connectivity index (χ0n) is 13.8. The average Bonchev–Trinajstić information content (AvgIpc) is 3.24. The molecule has 0 fully saturated rings. The van der Waals surface area contributed by atoms with Crippen molar-refractivity contribution in [1.82, 2.24) is 19.7 Å². The molecule has 0 unspecified atom stereocenters. The first-order valence-electron chi connectivity index (χ1n) is 7.59. The highest BCUT2D eigenvalue weighted by Crippen LogP contribution is 2.23. The van der Waals surface area contributed by atoms with Crippen LogP contribution in [-0.2, 0) is 18.4 Å². The van der Waals surface area contributed by atoms with Crippen molar-refractivity contribution >= 4 is 17.7 Å². The largest absolute Gasteiger partial charge is 0.461 e. The lowest BCUT2D eigenvalue weighted by Crippen LogP contribution is -2.27. The van der Waals surface area contributed by atoms with E-state index in [1.165, 1.54) is 23.9 Å². The van der Waals surface area contributed by atoms with Gasteiger partial charge in [-0.2, -0.15) is 0 Å². The maximum absolute atomic E-state index is 12.9. The number of carbonyl (C=O) groups is 1. The molecular weight excluding hydrogens is 343 g/mol. The number of aromatic nitrogens is 3. The summed E-state index contributed by atoms with van der Waals surface area (Å²) in [5.41, 5.74) is 0.876. The molecule has 0 aliphatic carbocycles. The van der Waals surface area contributed by atoms with E-state index < -0.39 is 0 Å². The molecule has 3 aromatic rings. The van der Waals surface area contributed by atoms with E-state index in [0.29, 0.717) is 23.3 Å². The summed E-state index contributed by atoms with van der Waals surface area (Å²) in [6.07, 6.45) is 1.57. The number of furan rings is 1. The Morgan fingerprint density at radius 2 is 2.04 bits per heavy atom. The summed E-state index contributed by atoms with van der Waals surface area (Å²) in [4.78, 5) is 13.9. The van der Waals surface area contributed by atoms with E-state index in [1.807, 2.05) is 7.05 Å². The molecule has 1 aromatic carbocycles. The minimum atomic E-state index is -0.289. The number of hydrogen-bond acceptors (Lipinski definition) is 5. The molecular formula is C17H17FN4O2S. The second kappa shape index (κ2) is 7.52. The number of carbonyl (C=O) groups excluding carboxylic acids is 1. The minimum absolute atomic E-state index is 0.0446. The van der Waals surface area contributed by atoms with Crippen molar-refractivity contribution in [1.29, 1.82) is 0 Å². The van der Waals surface area contributed by atoms with Gasteiger partial charge in [-0.15, -0.1) is 10.2 Å². The molecule has 3 rings (SSSR count). The molecule has 0 bridgehead atoms. The molecule has 0 aliphatic heterocycles. The molecule has 0 spiro atoms. The van der Waals surface area contributed by atoms with E-state index >= 15 is 0 Å². The van der Waals surface area contributed by atoms with Crippen LogP contribution in [0.15, 0.2) is 52.2 Å². The summed E-state index contributed by atoms with van der Waals surface area (Å²) < 4.78 is 20.0. The monoisotopic (exact) mass is 360 g/mol. The standard InChI is InChI=1S/C17H17FN4O2S/c1-21(10-12-5-7-13(18)8-6-12)15(23)11-25-17-20-19-16(22(17)2)14-4-3-9-24-14/h3-9H,10-11H2,1-2H3. The van der Waals surface area contributed by atoms with Gasteiger partial charge in [0.25, 0.3) is 0 Å². The Balaban J connectivity index is 1.58. The molecule has 2 heterocycles. The Bertz CT molecular complexity index is 846. The maximum Gasteiger partial charge on any atom is 0.233 e. The molecule has 6 nitrogen and oxygen atoms in total. The van der Waals surface area contributed by atoms with Gasteiger partial charge in [0.2, 0.25) is 5.91 Å². The predicted octanol–water partition coefficient (Wildman–Crippen LogP) is 2.96. The van der Waals surface area contributed by atoms with Crippen LogP contribution < -0.4 is 0 Å². The topological polar surface area (TPSA) is 64.2 Å². The van der Waals surface area contributed by atoms with Crippen LogP contribution in [-0.4, -0.2) is 38.4 Å². The van der Waals surface area contributed by atoms with Gasteiger partial charge in [-0.3, -0.25) is 4.79 Å². The number of hydrogen-bond donors (Lipinski definition) is 0. The fraction of sp³-hybridized carbons (Fsp3) is 0.235. The Morgan fingerprint density at radius 3 is 2.72 bits per heavy atom. The summed E-state index contributed by atoms with van der Waals surface area (Å²) in [5.74, 6) is 1.14. The van der Waals surface area contributed by atoms with Crippen molar-refractivity contribution < 1.29 is 13.6 Å². The zero-order valence-corrected chi connectivity index (χ0v) is 14.7. The van der Waals surface area contributed by atoms with Crippen LogP contribution in [0.5, 0.6) is 0 Å². The molecule has 0 radical (unpaired) electrons. The fourth-order valence-electron chi connectivity index (χ4n) is 2.25. The highest BCUT2D eigenvalue weighted by atomic mass is 32.2. The number of rotatable bonds is 6. The molecule has 8 heteroatoms. The van der Waals surface area contributed by atoms with E-state index in [2.05, 4.69) is 10.2 Å². The van der Waals surface area contributed by atoms with Gasteiger partial charge in [-0.05, 0) is 29.8 Å². The van der Waals surface area contributed by atoms with Crippen molar-refractivity contribution in [2.45, 2.75) is 11.7 Å². The van der Waals surface area contributed by atoms with Crippen LogP contribution in [0.2, 0.25) is 0 Å². The summed E-state index contributed by atoms with van der Waals surface area (Å²) in [7, 11) is 3.55. The SMILES string of the molecule is CN(Cc1ccc(F)cc1)C(=O)CSc1nnc(-c2ccco2)n1C. The van der Waals surface area contributed by atoms with Crippen molar-refractivity contribution in [3.05, 3.63) is 54.0 Å². The van der Waals surface area contributed by atoms with Gasteiger partial charge in [0.05, 0.1) is 12.0 Å². The number of halogens is 1. The minimum Gasteiger partial charge on any atom is -0.461 e. The molecule has 25 heavy (non-hydrogen) atoms. The van der Waals surface area contributed by atoms with Gasteiger partial charge in [0.15, 0.2) is 16.7 Å². The Morgan fingerprint density at radius 1 is 1.28 bits per heavy atom. The first kappa shape index (κ1) is 17.2. The van der Waals surface area contributed by atoms with E-state index in [-0.39, 0.29) is 17.5 Å². The number of amides is 1. The molecule has 130 valence electrons. The second-order valence-corrected chi connectivity index (χ2v) is 6.45. The van der Waals surface area contributed by atoms with Gasteiger partial charge in [0.1, 0.15) is 5.82 Å². The predicted molar refractivity (Wildman–Crippen MR) is 92.3 cm³/mol. The molecule has 1 amide bonds. The smallest absolute Gasteiger partial charge is 0.233 e. The third-order valence-electron chi connectivity index (χ3n) is 3.66. The lowest BCUT2D eigenvalue weighted by molar-refractivity contribution is -0.127. The van der Waals surface area contributed by atoms with Crippen LogP contribution in [0.25, 0.3) is 11.6 Å². The second-order valence-electron chi connectivity index (χ2n) is 5.51. The quantitative estimate of drug-likeness (QED) is 0.633. The lowest BCUT2D eigenvalue weighted by atomic mass is 10.2. The van der Waals surface area contributed by atoms with Crippen LogP contribution >= 0.6 is 11.8 Å². The Kier molecular flexibility index (Phi) is 5.18. The van der Waals surface area contributed by atoms with Crippen LogP contribution in [0.1, 0.15) is 5.56 Å². The van der Waals surface area contributed by atoms with Gasteiger partial charge in [-0.25, -0.2) is 4.39 Å². The van der Waals surface area contributed by atoms with Crippen molar-refractivity contribution in [3.8, 4) is 11.6 Å². The zero-order chi connectivity index (χ0) is 17.8. The highest BCUT2D eigenvalue weighted by molar-refractivity contribution is 7.99. The van der Waals surface area contributed by atoms with Crippen LogP contribution in [0.3, 0.4) is 0 Å². The van der Waals surface area contributed by atoms with Crippen LogP contribution in [0.4, 0.5) is 4.39 Å². The molecule has 0 atom stereocenters. The van der Waals surface area contributed by atoms with Crippen molar-refractivity contribution in [3.63, 3.8) is 0 Å². The third-order valence-corrected chi connectivity index (χ3v) is 4.66. The van der Waals surface area contributed by atoms with Crippen LogP contribution in [0, 0.1) is 5.82 Å². The Hall–Kier alpha value is -2.61. The van der Waals surface area contributed by atoms with Gasteiger partial charge in [0, 0.05) is 20.6 Å². The maximum atomic E-state index is 12.9. The highest BCUT2D eigenvalue weighted by Gasteiger charge is 2.16. The van der Waals surface area contributed by atoms with Crippen molar-refractivity contribution in [2.24, 2.45) is 7.05 Å². The first-order valence-corrected chi connectivity index (χ1v) is 8.57. The molecule has 0 saturated carbocycles. The first-order chi connectivity index (χ1) is 12.0. The summed E-state index contributed by atoms with van der Waals surface area (Å²) >= 11 is 1.31. The van der Waals surface area contributed by atoms with E-state index in [9.17, 15) is 9.18 Å². The fourth-order valence-corrected chi connectivity index (χ4v) is 3.10. The Labute approximate surface area is 148 Å². The van der Waals surface area contributed by atoms with Gasteiger partial charge in [-0.1, -0.05) is 23.9 Å². The summed E-state index contributed by atoms with van der Waals surface area (Å²) in [6, 6.07) is 9.70. The van der Waals surface area contributed by atoms with E-state index in [1.54, 1.807) is 47.0 Å². The summed E-state index contributed by atoms with van der Waals surface area (Å²) in [6.45, 7) is 0.427. The average molecular weight is 360 g/mol. The normalized spacial score (nSPS) is 10.8. The molecule has 2 aromatic heterocycles. The van der Waals surface area contributed by atoms with E-state index in [4.69, 9.17) is 4.42 Å². The molecule has 0 N–H and O–H groups in total.